The van der Waals surface area contributed by atoms with Gasteiger partial charge in [0.25, 0.3) is 5.91 Å². The maximum atomic E-state index is 12.8. The monoisotopic (exact) mass is 284 g/mol. The van der Waals surface area contributed by atoms with E-state index in [1.165, 1.54) is 0 Å². The smallest absolute Gasteiger partial charge is 0.324 e. The molecule has 0 bridgehead atoms. The molecule has 1 atom stereocenters. The molecule has 0 aliphatic heterocycles. The molecule has 1 unspecified atom stereocenters. The molecule has 1 aromatic rings. The fraction of sp³-hybridized carbons (Fsp3) is 0.300. The topological polar surface area (TPSA) is 55.1 Å². The first-order chi connectivity index (χ1) is 8.05. The normalized spacial score (nSPS) is 15.1. The number of amides is 1. The minimum Gasteiger partial charge on any atom is -0.324 e. The van der Waals surface area contributed by atoms with E-state index >= 15 is 0 Å². The molecule has 0 aliphatic carbocycles. The molecule has 0 saturated heterocycles. The SMILES string of the molecule is CC(N)(C(=O)Nc1ccc(F)c(Cl)c1)C(F)(F)F. The Hall–Kier alpha value is -1.34. The van der Waals surface area contributed by atoms with Crippen LogP contribution in [0.15, 0.2) is 18.2 Å². The molecule has 18 heavy (non-hydrogen) atoms. The van der Waals surface area contributed by atoms with E-state index in [1.54, 1.807) is 0 Å². The maximum Gasteiger partial charge on any atom is 0.415 e. The van der Waals surface area contributed by atoms with Crippen LogP contribution in [0.5, 0.6) is 0 Å². The van der Waals surface area contributed by atoms with Crippen molar-refractivity contribution in [2.75, 3.05) is 5.32 Å². The molecule has 8 heteroatoms. The van der Waals surface area contributed by atoms with Crippen molar-refractivity contribution in [3.8, 4) is 0 Å². The van der Waals surface area contributed by atoms with Gasteiger partial charge in [-0.2, -0.15) is 13.2 Å². The van der Waals surface area contributed by atoms with Crippen molar-refractivity contribution in [3.63, 3.8) is 0 Å². The van der Waals surface area contributed by atoms with Gasteiger partial charge in [-0.25, -0.2) is 4.39 Å². The second-order valence-electron chi connectivity index (χ2n) is 3.78. The number of hydrogen-bond acceptors (Lipinski definition) is 2. The summed E-state index contributed by atoms with van der Waals surface area (Å²) in [5.74, 6) is -2.21. The first kappa shape index (κ1) is 14.7. The molecule has 3 N–H and O–H groups in total. The van der Waals surface area contributed by atoms with Gasteiger partial charge in [0.1, 0.15) is 5.82 Å². The Balaban J connectivity index is 2.91. The zero-order chi connectivity index (χ0) is 14.1. The second kappa shape index (κ2) is 4.74. The van der Waals surface area contributed by atoms with Gasteiger partial charge in [-0.3, -0.25) is 4.79 Å². The summed E-state index contributed by atoms with van der Waals surface area (Å²) in [7, 11) is 0. The first-order valence-corrected chi connectivity index (χ1v) is 5.05. The summed E-state index contributed by atoms with van der Waals surface area (Å²) in [6.07, 6.45) is -4.90. The highest BCUT2D eigenvalue weighted by atomic mass is 35.5. The third-order valence-corrected chi connectivity index (χ3v) is 2.53. The van der Waals surface area contributed by atoms with Crippen LogP contribution in [0.2, 0.25) is 5.02 Å². The molecule has 1 amide bonds. The highest BCUT2D eigenvalue weighted by Gasteiger charge is 2.53. The van der Waals surface area contributed by atoms with Crippen LogP contribution in [-0.2, 0) is 4.79 Å². The van der Waals surface area contributed by atoms with Crippen molar-refractivity contribution in [3.05, 3.63) is 29.0 Å². The van der Waals surface area contributed by atoms with E-state index in [1.807, 2.05) is 5.32 Å². The number of anilines is 1. The van der Waals surface area contributed by atoms with Gasteiger partial charge in [0.15, 0.2) is 5.54 Å². The number of nitrogens with two attached hydrogens (primary N) is 1. The van der Waals surface area contributed by atoms with Crippen molar-refractivity contribution < 1.29 is 22.4 Å². The number of alkyl halides is 3. The Morgan fingerprint density at radius 2 is 1.94 bits per heavy atom. The van der Waals surface area contributed by atoms with Crippen LogP contribution in [0.1, 0.15) is 6.92 Å². The van der Waals surface area contributed by atoms with Crippen molar-refractivity contribution in [2.45, 2.75) is 18.6 Å². The summed E-state index contributed by atoms with van der Waals surface area (Å²) in [6, 6.07) is 2.98. The zero-order valence-corrected chi connectivity index (χ0v) is 9.86. The van der Waals surface area contributed by atoms with E-state index < -0.39 is 23.4 Å². The number of nitrogens with one attached hydrogen (secondary N) is 1. The van der Waals surface area contributed by atoms with Gasteiger partial charge < -0.3 is 11.1 Å². The Morgan fingerprint density at radius 1 is 1.39 bits per heavy atom. The molecule has 3 nitrogen and oxygen atoms in total. The molecule has 0 saturated carbocycles. The van der Waals surface area contributed by atoms with Crippen LogP contribution < -0.4 is 11.1 Å². The lowest BCUT2D eigenvalue weighted by atomic mass is 10.0. The van der Waals surface area contributed by atoms with E-state index in [0.717, 1.165) is 18.2 Å². The lowest BCUT2D eigenvalue weighted by molar-refractivity contribution is -0.184. The van der Waals surface area contributed by atoms with E-state index in [9.17, 15) is 22.4 Å². The number of benzene rings is 1. The minimum absolute atomic E-state index is 0.0766. The fourth-order valence-corrected chi connectivity index (χ4v) is 1.14. The van der Waals surface area contributed by atoms with Crippen LogP contribution >= 0.6 is 11.6 Å². The standard InChI is InChI=1S/C10H9ClF4N2O/c1-9(16,10(13,14)15)8(18)17-5-2-3-7(12)6(11)4-5/h2-4H,16H2,1H3,(H,17,18). The van der Waals surface area contributed by atoms with Gasteiger partial charge in [0.2, 0.25) is 0 Å². The van der Waals surface area contributed by atoms with Gasteiger partial charge in [-0.05, 0) is 25.1 Å². The van der Waals surface area contributed by atoms with Gasteiger partial charge in [-0.1, -0.05) is 11.6 Å². The minimum atomic E-state index is -4.90. The number of rotatable bonds is 2. The lowest BCUT2D eigenvalue weighted by Gasteiger charge is -2.26. The molecule has 1 aromatic carbocycles. The summed E-state index contributed by atoms with van der Waals surface area (Å²) in [6.45, 7) is 0.535. The quantitative estimate of drug-likeness (QED) is 0.821. The summed E-state index contributed by atoms with van der Waals surface area (Å²) in [5, 5.41) is 1.60. The molecule has 0 aromatic heterocycles. The molecular weight excluding hydrogens is 276 g/mol. The van der Waals surface area contributed by atoms with Crippen LogP contribution in [0, 0.1) is 5.82 Å². The van der Waals surface area contributed by atoms with Gasteiger partial charge in [0.05, 0.1) is 5.02 Å². The zero-order valence-electron chi connectivity index (χ0n) is 9.11. The molecule has 1 rings (SSSR count). The molecule has 100 valence electrons. The number of carbonyl (C=O) groups is 1. The molecular formula is C10H9ClF4N2O. The van der Waals surface area contributed by atoms with E-state index in [2.05, 4.69) is 0 Å². The lowest BCUT2D eigenvalue weighted by Crippen LogP contribution is -2.59. The van der Waals surface area contributed by atoms with E-state index in [4.69, 9.17) is 17.3 Å². The Bertz CT molecular complexity index is 473. The summed E-state index contributed by atoms with van der Waals surface area (Å²) >= 11 is 5.42. The summed E-state index contributed by atoms with van der Waals surface area (Å²) in [4.78, 5) is 11.4. The van der Waals surface area contributed by atoms with Gasteiger partial charge in [-0.15, -0.1) is 0 Å². The molecule has 0 heterocycles. The van der Waals surface area contributed by atoms with Crippen LogP contribution in [-0.4, -0.2) is 17.6 Å². The maximum absolute atomic E-state index is 12.8. The fourth-order valence-electron chi connectivity index (χ4n) is 0.964. The van der Waals surface area contributed by atoms with Crippen molar-refractivity contribution in [1.82, 2.24) is 0 Å². The molecule has 0 radical (unpaired) electrons. The van der Waals surface area contributed by atoms with E-state index in [-0.39, 0.29) is 10.7 Å². The Kier molecular flexibility index (Phi) is 3.87. The van der Waals surface area contributed by atoms with Gasteiger partial charge in [0, 0.05) is 5.69 Å². The van der Waals surface area contributed by atoms with Crippen LogP contribution in [0.3, 0.4) is 0 Å². The first-order valence-electron chi connectivity index (χ1n) is 4.68. The molecule has 0 aliphatic rings. The average molecular weight is 285 g/mol. The van der Waals surface area contributed by atoms with Crippen molar-refractivity contribution in [2.24, 2.45) is 5.73 Å². The van der Waals surface area contributed by atoms with Gasteiger partial charge >= 0.3 is 6.18 Å². The molecule has 0 fully saturated rings. The number of hydrogen-bond donors (Lipinski definition) is 2. The van der Waals surface area contributed by atoms with Crippen molar-refractivity contribution >= 4 is 23.2 Å². The third kappa shape index (κ3) is 2.91. The Labute approximate surface area is 105 Å². The Morgan fingerprint density at radius 3 is 2.39 bits per heavy atom. The third-order valence-electron chi connectivity index (χ3n) is 2.24. The highest BCUT2D eigenvalue weighted by Crippen LogP contribution is 2.29. The average Bonchev–Trinajstić information content (AvgIpc) is 2.21. The molecule has 0 spiro atoms. The largest absolute Gasteiger partial charge is 0.415 e. The van der Waals surface area contributed by atoms with E-state index in [0.29, 0.717) is 6.92 Å². The number of halogens is 5. The summed E-state index contributed by atoms with van der Waals surface area (Å²) in [5.41, 5.74) is 1.78. The predicted octanol–water partition coefficient (Wildman–Crippen LogP) is 2.70. The number of carbonyl (C=O) groups excluding carboxylic acids is 1. The van der Waals surface area contributed by atoms with Crippen LogP contribution in [0.4, 0.5) is 23.2 Å². The predicted molar refractivity (Wildman–Crippen MR) is 58.7 cm³/mol. The highest BCUT2D eigenvalue weighted by molar-refractivity contribution is 6.31. The second-order valence-corrected chi connectivity index (χ2v) is 4.19. The van der Waals surface area contributed by atoms with Crippen molar-refractivity contribution in [1.29, 1.82) is 0 Å². The van der Waals surface area contributed by atoms with Crippen LogP contribution in [0.25, 0.3) is 0 Å². The summed E-state index contributed by atoms with van der Waals surface area (Å²) < 4.78 is 50.2.